The third-order valence-electron chi connectivity index (χ3n) is 4.12. The number of carbonyl (C=O) groups excluding carboxylic acids is 2. The van der Waals surface area contributed by atoms with E-state index >= 15 is 0 Å². The maximum absolute atomic E-state index is 12.6. The number of amides is 1. The summed E-state index contributed by atoms with van der Waals surface area (Å²) in [6.45, 7) is 7.35. The molecular weight excluding hydrogens is 382 g/mol. The Labute approximate surface area is 178 Å². The van der Waals surface area contributed by atoms with Gasteiger partial charge in [0.25, 0.3) is 5.91 Å². The molecule has 0 bridgehead atoms. The second-order valence-electron chi connectivity index (χ2n) is 7.21. The van der Waals surface area contributed by atoms with E-state index in [1.165, 1.54) is 6.08 Å². The van der Waals surface area contributed by atoms with E-state index in [1.54, 1.807) is 30.2 Å². The first-order chi connectivity index (χ1) is 14.3. The molecule has 0 atom stereocenters. The first kappa shape index (κ1) is 23.0. The van der Waals surface area contributed by atoms with E-state index in [-0.39, 0.29) is 24.7 Å². The van der Waals surface area contributed by atoms with Crippen LogP contribution in [0.1, 0.15) is 33.3 Å². The topological polar surface area (TPSA) is 65.1 Å². The second kappa shape index (κ2) is 11.0. The third kappa shape index (κ3) is 6.65. The average Bonchev–Trinajstić information content (AvgIpc) is 2.71. The summed E-state index contributed by atoms with van der Waals surface area (Å²) in [7, 11) is 1.56. The smallest absolute Gasteiger partial charge is 0.331 e. The van der Waals surface area contributed by atoms with Gasteiger partial charge in [0.05, 0.1) is 13.2 Å². The summed E-state index contributed by atoms with van der Waals surface area (Å²) in [6.07, 6.45) is 2.91. The molecule has 0 saturated carbocycles. The van der Waals surface area contributed by atoms with E-state index in [2.05, 4.69) is 0 Å². The predicted molar refractivity (Wildman–Crippen MR) is 118 cm³/mol. The SMILES string of the molecule is COc1cc(/C=C/C(=O)OCC(=O)N(c2ccccc2)C(C)C)ccc1OC(C)C. The summed E-state index contributed by atoms with van der Waals surface area (Å²) in [5.41, 5.74) is 1.51. The highest BCUT2D eigenvalue weighted by Gasteiger charge is 2.19. The number of esters is 1. The summed E-state index contributed by atoms with van der Waals surface area (Å²) >= 11 is 0. The monoisotopic (exact) mass is 411 g/mol. The zero-order chi connectivity index (χ0) is 22.1. The molecule has 6 nitrogen and oxygen atoms in total. The Kier molecular flexibility index (Phi) is 8.47. The molecule has 2 aromatic rings. The van der Waals surface area contributed by atoms with E-state index in [0.717, 1.165) is 11.3 Å². The molecule has 0 radical (unpaired) electrons. The van der Waals surface area contributed by atoms with Crippen LogP contribution in [0.5, 0.6) is 11.5 Å². The van der Waals surface area contributed by atoms with Crippen LogP contribution in [0.4, 0.5) is 5.69 Å². The molecule has 0 aliphatic rings. The highest BCUT2D eigenvalue weighted by atomic mass is 16.5. The molecule has 0 saturated heterocycles. The number of hydrogen-bond donors (Lipinski definition) is 0. The number of rotatable bonds is 9. The number of carbonyl (C=O) groups is 2. The van der Waals surface area contributed by atoms with E-state index in [4.69, 9.17) is 14.2 Å². The highest BCUT2D eigenvalue weighted by molar-refractivity contribution is 5.96. The van der Waals surface area contributed by atoms with E-state index in [9.17, 15) is 9.59 Å². The molecular formula is C24H29NO5. The lowest BCUT2D eigenvalue weighted by molar-refractivity contribution is -0.143. The molecule has 0 unspecified atom stereocenters. The van der Waals surface area contributed by atoms with Gasteiger partial charge in [-0.05, 0) is 63.6 Å². The van der Waals surface area contributed by atoms with Gasteiger partial charge >= 0.3 is 5.97 Å². The minimum absolute atomic E-state index is 0.0223. The first-order valence-corrected chi connectivity index (χ1v) is 9.88. The predicted octanol–water partition coefficient (Wildman–Crippen LogP) is 4.48. The van der Waals surface area contributed by atoms with Crippen LogP contribution in [-0.4, -0.2) is 37.7 Å². The van der Waals surface area contributed by atoms with Crippen molar-refractivity contribution >= 4 is 23.6 Å². The number of para-hydroxylation sites is 1. The summed E-state index contributed by atoms with van der Waals surface area (Å²) in [5.74, 6) is 0.328. The molecule has 0 aromatic heterocycles. The molecule has 6 heteroatoms. The number of methoxy groups -OCH3 is 1. The number of nitrogens with zero attached hydrogens (tertiary/aromatic N) is 1. The largest absolute Gasteiger partial charge is 0.493 e. The first-order valence-electron chi connectivity index (χ1n) is 9.88. The van der Waals surface area contributed by atoms with Crippen molar-refractivity contribution in [1.29, 1.82) is 0 Å². The van der Waals surface area contributed by atoms with Crippen LogP contribution in [0.3, 0.4) is 0 Å². The molecule has 0 aliphatic heterocycles. The third-order valence-corrected chi connectivity index (χ3v) is 4.12. The van der Waals surface area contributed by atoms with Crippen molar-refractivity contribution in [2.45, 2.75) is 39.8 Å². The fraction of sp³-hybridized carbons (Fsp3) is 0.333. The standard InChI is InChI=1S/C24H29NO5/c1-17(2)25(20-9-7-6-8-10-20)23(26)16-29-24(27)14-12-19-11-13-21(30-18(3)4)22(15-19)28-5/h6-15,17-18H,16H2,1-5H3/b14-12+. The molecule has 1 amide bonds. The molecule has 2 aromatic carbocycles. The van der Waals surface area contributed by atoms with E-state index in [1.807, 2.05) is 64.1 Å². The van der Waals surface area contributed by atoms with Crippen LogP contribution in [0.2, 0.25) is 0 Å². The maximum Gasteiger partial charge on any atom is 0.331 e. The zero-order valence-electron chi connectivity index (χ0n) is 18.1. The summed E-state index contributed by atoms with van der Waals surface area (Å²) in [5, 5.41) is 0. The van der Waals surface area contributed by atoms with Crippen molar-refractivity contribution < 1.29 is 23.8 Å². The Balaban J connectivity index is 1.98. The van der Waals surface area contributed by atoms with Crippen LogP contribution < -0.4 is 14.4 Å². The molecule has 30 heavy (non-hydrogen) atoms. The Morgan fingerprint density at radius 1 is 1.00 bits per heavy atom. The van der Waals surface area contributed by atoms with Crippen molar-refractivity contribution in [2.75, 3.05) is 18.6 Å². The normalized spacial score (nSPS) is 11.0. The van der Waals surface area contributed by atoms with Gasteiger partial charge in [-0.15, -0.1) is 0 Å². The average molecular weight is 411 g/mol. The number of hydrogen-bond acceptors (Lipinski definition) is 5. The lowest BCUT2D eigenvalue weighted by atomic mass is 10.2. The van der Waals surface area contributed by atoms with Gasteiger partial charge in [-0.2, -0.15) is 0 Å². The maximum atomic E-state index is 12.6. The van der Waals surface area contributed by atoms with Crippen LogP contribution in [0.15, 0.2) is 54.6 Å². The molecule has 160 valence electrons. The van der Waals surface area contributed by atoms with Crippen molar-refractivity contribution in [3.05, 3.63) is 60.2 Å². The Hall–Kier alpha value is -3.28. The minimum Gasteiger partial charge on any atom is -0.493 e. The van der Waals surface area contributed by atoms with Crippen molar-refractivity contribution in [2.24, 2.45) is 0 Å². The van der Waals surface area contributed by atoms with E-state index < -0.39 is 5.97 Å². The molecule has 0 spiro atoms. The summed E-state index contributed by atoms with van der Waals surface area (Å²) < 4.78 is 16.2. The Morgan fingerprint density at radius 3 is 2.30 bits per heavy atom. The number of anilines is 1. The fourth-order valence-electron chi connectivity index (χ4n) is 2.87. The van der Waals surface area contributed by atoms with Gasteiger partial charge in [-0.1, -0.05) is 24.3 Å². The van der Waals surface area contributed by atoms with Crippen LogP contribution in [0.25, 0.3) is 6.08 Å². The van der Waals surface area contributed by atoms with E-state index in [0.29, 0.717) is 11.5 Å². The van der Waals surface area contributed by atoms with Crippen molar-refractivity contribution in [1.82, 2.24) is 0 Å². The number of benzene rings is 2. The molecule has 2 rings (SSSR count). The van der Waals surface area contributed by atoms with Gasteiger partial charge in [0, 0.05) is 17.8 Å². The number of ether oxygens (including phenoxy) is 3. The van der Waals surface area contributed by atoms with Gasteiger partial charge in [0.15, 0.2) is 18.1 Å². The molecule has 0 aliphatic carbocycles. The van der Waals surface area contributed by atoms with Crippen LogP contribution >= 0.6 is 0 Å². The molecule has 0 fully saturated rings. The lowest BCUT2D eigenvalue weighted by Gasteiger charge is -2.26. The second-order valence-corrected chi connectivity index (χ2v) is 7.21. The zero-order valence-corrected chi connectivity index (χ0v) is 18.1. The summed E-state index contributed by atoms with van der Waals surface area (Å²) in [4.78, 5) is 26.3. The van der Waals surface area contributed by atoms with Gasteiger partial charge in [-0.25, -0.2) is 4.79 Å². The Bertz CT molecular complexity index is 874. The van der Waals surface area contributed by atoms with Crippen molar-refractivity contribution in [3.8, 4) is 11.5 Å². The Morgan fingerprint density at radius 2 is 1.70 bits per heavy atom. The quantitative estimate of drug-likeness (QED) is 0.450. The lowest BCUT2D eigenvalue weighted by Crippen LogP contribution is -2.39. The molecule has 0 N–H and O–H groups in total. The minimum atomic E-state index is -0.596. The van der Waals surface area contributed by atoms with Gasteiger partial charge in [-0.3, -0.25) is 4.79 Å². The fourth-order valence-corrected chi connectivity index (χ4v) is 2.87. The highest BCUT2D eigenvalue weighted by Crippen LogP contribution is 2.29. The van der Waals surface area contributed by atoms with Gasteiger partial charge < -0.3 is 19.1 Å². The van der Waals surface area contributed by atoms with Crippen LogP contribution in [-0.2, 0) is 14.3 Å². The summed E-state index contributed by atoms with van der Waals surface area (Å²) in [6, 6.07) is 14.6. The molecule has 0 heterocycles. The van der Waals surface area contributed by atoms with Crippen molar-refractivity contribution in [3.63, 3.8) is 0 Å². The van der Waals surface area contributed by atoms with Gasteiger partial charge in [0.2, 0.25) is 0 Å². The van der Waals surface area contributed by atoms with Crippen LogP contribution in [0, 0.1) is 0 Å². The van der Waals surface area contributed by atoms with Gasteiger partial charge in [0.1, 0.15) is 0 Å².